The van der Waals surface area contributed by atoms with E-state index in [0.29, 0.717) is 10.8 Å². The van der Waals surface area contributed by atoms with Crippen molar-refractivity contribution in [3.05, 3.63) is 46.3 Å². The molecule has 2 rings (SSSR count). The van der Waals surface area contributed by atoms with Crippen molar-refractivity contribution in [2.45, 2.75) is 25.9 Å². The first-order valence-electron chi connectivity index (χ1n) is 5.83. The minimum absolute atomic E-state index is 0.268. The quantitative estimate of drug-likeness (QED) is 0.941. The summed E-state index contributed by atoms with van der Waals surface area (Å²) < 4.78 is 14.4. The zero-order valence-electron chi connectivity index (χ0n) is 11.0. The second-order valence-corrected chi connectivity index (χ2v) is 5.15. The average Bonchev–Trinajstić information content (AvgIpc) is 2.56. The van der Waals surface area contributed by atoms with E-state index in [4.69, 9.17) is 11.6 Å². The summed E-state index contributed by atoms with van der Waals surface area (Å²) in [6, 6.07) is 2.74. The Morgan fingerprint density at radius 1 is 1.47 bits per heavy atom. The fourth-order valence-electron chi connectivity index (χ4n) is 2.00. The van der Waals surface area contributed by atoms with E-state index in [2.05, 4.69) is 10.1 Å². The second-order valence-electron chi connectivity index (χ2n) is 4.79. The third-order valence-electron chi connectivity index (χ3n) is 3.07. The van der Waals surface area contributed by atoms with Crippen LogP contribution in [0.1, 0.15) is 23.9 Å². The van der Waals surface area contributed by atoms with E-state index in [1.54, 1.807) is 18.7 Å². The first-order chi connectivity index (χ1) is 8.81. The summed E-state index contributed by atoms with van der Waals surface area (Å²) in [4.78, 5) is 3.92. The number of nitrogens with zero attached hydrogens (tertiary/aromatic N) is 3. The number of aryl methyl sites for hydroxylation is 2. The molecule has 2 aromatic heterocycles. The van der Waals surface area contributed by atoms with Crippen LogP contribution in [0.5, 0.6) is 0 Å². The number of hydrogen-bond acceptors (Lipinski definition) is 3. The maximum Gasteiger partial charge on any atom is 0.141 e. The van der Waals surface area contributed by atoms with Gasteiger partial charge in [0.2, 0.25) is 0 Å². The van der Waals surface area contributed by atoms with Gasteiger partial charge in [0.05, 0.1) is 17.6 Å². The molecule has 0 saturated heterocycles. The molecular weight excluding hydrogens is 269 g/mol. The molecule has 2 heterocycles. The number of pyridine rings is 1. The maximum absolute atomic E-state index is 12.9. The Morgan fingerprint density at radius 3 is 2.63 bits per heavy atom. The summed E-state index contributed by atoms with van der Waals surface area (Å²) in [7, 11) is 1.74. The van der Waals surface area contributed by atoms with Crippen LogP contribution >= 0.6 is 11.6 Å². The first kappa shape index (κ1) is 14.0. The summed E-state index contributed by atoms with van der Waals surface area (Å²) in [6.45, 7) is 3.45. The Kier molecular flexibility index (Phi) is 3.60. The monoisotopic (exact) mass is 283 g/mol. The number of aromatic nitrogens is 3. The highest BCUT2D eigenvalue weighted by atomic mass is 35.5. The van der Waals surface area contributed by atoms with Gasteiger partial charge < -0.3 is 5.11 Å². The third kappa shape index (κ3) is 2.77. The molecule has 0 aliphatic rings. The zero-order valence-corrected chi connectivity index (χ0v) is 11.7. The molecule has 0 spiro atoms. The largest absolute Gasteiger partial charge is 0.383 e. The van der Waals surface area contributed by atoms with Crippen LogP contribution in [0.4, 0.5) is 4.39 Å². The smallest absolute Gasteiger partial charge is 0.141 e. The summed E-state index contributed by atoms with van der Waals surface area (Å²) in [5.74, 6) is -0.435. The SMILES string of the molecule is Cc1nn(C)c(Cl)c1CC(C)(O)c1ccc(F)cn1. The molecule has 1 atom stereocenters. The Bertz CT molecular complexity index is 593. The molecule has 19 heavy (non-hydrogen) atoms. The first-order valence-corrected chi connectivity index (χ1v) is 6.21. The summed E-state index contributed by atoms with van der Waals surface area (Å²) in [5, 5.41) is 15.2. The standard InChI is InChI=1S/C13H15ClFN3O/c1-8-10(12(14)18(3)17-8)6-13(2,19)11-5-4-9(15)7-16-11/h4-5,7,19H,6H2,1-3H3. The lowest BCUT2D eigenvalue weighted by atomic mass is 9.93. The van der Waals surface area contributed by atoms with Crippen molar-refractivity contribution in [2.75, 3.05) is 0 Å². The average molecular weight is 284 g/mol. The van der Waals surface area contributed by atoms with E-state index in [0.717, 1.165) is 17.5 Å². The molecule has 0 radical (unpaired) electrons. The van der Waals surface area contributed by atoms with E-state index < -0.39 is 11.4 Å². The Morgan fingerprint density at radius 2 is 2.16 bits per heavy atom. The van der Waals surface area contributed by atoms with Gasteiger partial charge in [0.15, 0.2) is 0 Å². The van der Waals surface area contributed by atoms with Gasteiger partial charge in [0, 0.05) is 19.0 Å². The van der Waals surface area contributed by atoms with Crippen LogP contribution in [0, 0.1) is 12.7 Å². The van der Waals surface area contributed by atoms with Gasteiger partial charge in [0.1, 0.15) is 16.6 Å². The molecule has 6 heteroatoms. The highest BCUT2D eigenvalue weighted by Crippen LogP contribution is 2.29. The van der Waals surface area contributed by atoms with Crippen LogP contribution in [0.2, 0.25) is 5.15 Å². The predicted octanol–water partition coefficient (Wildman–Crippen LogP) is 2.37. The minimum atomic E-state index is -1.23. The van der Waals surface area contributed by atoms with Crippen molar-refractivity contribution < 1.29 is 9.50 Å². The minimum Gasteiger partial charge on any atom is -0.383 e. The molecule has 1 N–H and O–H groups in total. The lowest BCUT2D eigenvalue weighted by Crippen LogP contribution is -2.26. The molecule has 102 valence electrons. The number of halogens is 2. The van der Waals surface area contributed by atoms with Crippen molar-refractivity contribution in [1.82, 2.24) is 14.8 Å². The summed E-state index contributed by atoms with van der Waals surface area (Å²) in [6.07, 6.45) is 1.35. The van der Waals surface area contributed by atoms with E-state index in [-0.39, 0.29) is 6.42 Å². The molecule has 0 fully saturated rings. The fraction of sp³-hybridized carbons (Fsp3) is 0.385. The van der Waals surface area contributed by atoms with Gasteiger partial charge in [-0.1, -0.05) is 11.6 Å². The third-order valence-corrected chi connectivity index (χ3v) is 3.54. The van der Waals surface area contributed by atoms with Crippen LogP contribution in [-0.2, 0) is 19.1 Å². The fourth-order valence-corrected chi connectivity index (χ4v) is 2.25. The molecule has 0 bridgehead atoms. The van der Waals surface area contributed by atoms with Crippen molar-refractivity contribution >= 4 is 11.6 Å². The second kappa shape index (κ2) is 4.90. The lowest BCUT2D eigenvalue weighted by molar-refractivity contribution is 0.0527. The molecular formula is C13H15ClFN3O. The van der Waals surface area contributed by atoms with Gasteiger partial charge in [-0.15, -0.1) is 0 Å². The molecule has 0 amide bonds. The normalized spacial score (nSPS) is 14.4. The van der Waals surface area contributed by atoms with Crippen molar-refractivity contribution in [1.29, 1.82) is 0 Å². The Balaban J connectivity index is 2.33. The molecule has 0 aliphatic heterocycles. The van der Waals surface area contributed by atoms with Crippen molar-refractivity contribution in [3.8, 4) is 0 Å². The van der Waals surface area contributed by atoms with Gasteiger partial charge >= 0.3 is 0 Å². The predicted molar refractivity (Wildman–Crippen MR) is 70.4 cm³/mol. The number of rotatable bonds is 3. The van der Waals surface area contributed by atoms with Crippen LogP contribution in [0.15, 0.2) is 18.3 Å². The van der Waals surface area contributed by atoms with Gasteiger partial charge in [-0.2, -0.15) is 5.10 Å². The lowest BCUT2D eigenvalue weighted by Gasteiger charge is -2.22. The number of hydrogen-bond donors (Lipinski definition) is 1. The van der Waals surface area contributed by atoms with Crippen molar-refractivity contribution in [2.24, 2.45) is 7.05 Å². The molecule has 4 nitrogen and oxygen atoms in total. The molecule has 0 aromatic carbocycles. The molecule has 1 unspecified atom stereocenters. The highest BCUT2D eigenvalue weighted by molar-refractivity contribution is 6.30. The van der Waals surface area contributed by atoms with Gasteiger partial charge in [-0.3, -0.25) is 9.67 Å². The summed E-state index contributed by atoms with van der Waals surface area (Å²) in [5.41, 5.74) is 0.689. The number of aliphatic hydroxyl groups is 1. The highest BCUT2D eigenvalue weighted by Gasteiger charge is 2.28. The van der Waals surface area contributed by atoms with Crippen LogP contribution in [0.25, 0.3) is 0 Å². The van der Waals surface area contributed by atoms with Gasteiger partial charge in [-0.05, 0) is 26.0 Å². The molecule has 2 aromatic rings. The van der Waals surface area contributed by atoms with Crippen LogP contribution in [0.3, 0.4) is 0 Å². The zero-order chi connectivity index (χ0) is 14.2. The van der Waals surface area contributed by atoms with E-state index in [9.17, 15) is 9.50 Å². The Labute approximate surface area is 115 Å². The molecule has 0 aliphatic carbocycles. The van der Waals surface area contributed by atoms with Gasteiger partial charge in [0.25, 0.3) is 0 Å². The van der Waals surface area contributed by atoms with Crippen LogP contribution < -0.4 is 0 Å². The van der Waals surface area contributed by atoms with E-state index in [1.807, 2.05) is 6.92 Å². The van der Waals surface area contributed by atoms with Crippen LogP contribution in [-0.4, -0.2) is 19.9 Å². The maximum atomic E-state index is 12.9. The van der Waals surface area contributed by atoms with E-state index in [1.165, 1.54) is 12.1 Å². The molecule has 0 saturated carbocycles. The summed E-state index contributed by atoms with van der Waals surface area (Å²) >= 11 is 6.14. The topological polar surface area (TPSA) is 50.9 Å². The van der Waals surface area contributed by atoms with E-state index >= 15 is 0 Å². The van der Waals surface area contributed by atoms with Gasteiger partial charge in [-0.25, -0.2) is 4.39 Å². The Hall–Kier alpha value is -1.46. The van der Waals surface area contributed by atoms with Crippen molar-refractivity contribution in [3.63, 3.8) is 0 Å².